The highest BCUT2D eigenvalue weighted by Gasteiger charge is 2.56. The molecule has 6 nitrogen and oxygen atoms in total. The zero-order valence-electron chi connectivity index (χ0n) is 14.8. The van der Waals surface area contributed by atoms with E-state index in [9.17, 15) is 9.90 Å². The molecule has 1 aromatic carbocycles. The third-order valence-electron chi connectivity index (χ3n) is 5.79. The number of amides is 2. The number of hydrogen-bond donors (Lipinski definition) is 2. The molecule has 1 aromatic rings. The second kappa shape index (κ2) is 7.03. The minimum absolute atomic E-state index is 0.104. The van der Waals surface area contributed by atoms with Crippen molar-refractivity contribution in [3.63, 3.8) is 0 Å². The highest BCUT2D eigenvalue weighted by atomic mass is 16.5. The van der Waals surface area contributed by atoms with E-state index in [1.807, 2.05) is 13.8 Å². The topological polar surface area (TPSA) is 85.6 Å². The summed E-state index contributed by atoms with van der Waals surface area (Å²) in [5, 5.41) is 22.3. The first-order valence-electron chi connectivity index (χ1n) is 8.87. The first kappa shape index (κ1) is 17.7. The van der Waals surface area contributed by atoms with Gasteiger partial charge >= 0.3 is 6.03 Å². The Morgan fingerprint density at radius 3 is 2.80 bits per heavy atom. The molecule has 2 fully saturated rings. The molecule has 1 spiro atoms. The van der Waals surface area contributed by atoms with Crippen molar-refractivity contribution in [3.8, 4) is 6.07 Å². The number of benzene rings is 1. The normalized spacial score (nSPS) is 24.5. The molecule has 2 atom stereocenters. The Morgan fingerprint density at radius 1 is 1.48 bits per heavy atom. The monoisotopic (exact) mass is 343 g/mol. The molecule has 134 valence electrons. The summed E-state index contributed by atoms with van der Waals surface area (Å²) < 4.78 is 5.76. The number of aliphatic hydroxyl groups excluding tert-OH is 1. The Balaban J connectivity index is 1.62. The van der Waals surface area contributed by atoms with E-state index in [0.29, 0.717) is 37.4 Å². The summed E-state index contributed by atoms with van der Waals surface area (Å²) in [6, 6.07) is 7.28. The van der Waals surface area contributed by atoms with Crippen LogP contribution in [0.15, 0.2) is 18.2 Å². The van der Waals surface area contributed by atoms with E-state index in [-0.39, 0.29) is 23.7 Å². The molecule has 1 heterocycles. The highest BCUT2D eigenvalue weighted by Crippen LogP contribution is 2.50. The van der Waals surface area contributed by atoms with Crippen LogP contribution in [0.1, 0.15) is 37.3 Å². The summed E-state index contributed by atoms with van der Waals surface area (Å²) in [4.78, 5) is 14.3. The second-order valence-electron chi connectivity index (χ2n) is 6.94. The quantitative estimate of drug-likeness (QED) is 0.883. The van der Waals surface area contributed by atoms with Crippen LogP contribution in [0.4, 0.5) is 10.5 Å². The number of carbonyl (C=O) groups excluding carboxylic acids is 1. The standard InChI is InChI=1S/C19H25N3O3/c1-3-25-17-11-16(23)19(17)7-9-22(10-8-19)18(24)21-15-6-4-5-14(12-20)13(15)2/h4-6,16-17,23H,3,7-11H2,1-2H3,(H,21,24). The summed E-state index contributed by atoms with van der Waals surface area (Å²) in [5.41, 5.74) is 1.81. The van der Waals surface area contributed by atoms with E-state index >= 15 is 0 Å². The number of piperidine rings is 1. The van der Waals surface area contributed by atoms with Crippen LogP contribution >= 0.6 is 0 Å². The average molecular weight is 343 g/mol. The van der Waals surface area contributed by atoms with E-state index in [1.165, 1.54) is 0 Å². The molecule has 1 aliphatic carbocycles. The van der Waals surface area contributed by atoms with Crippen LogP contribution in [-0.4, -0.2) is 47.9 Å². The van der Waals surface area contributed by atoms with Gasteiger partial charge in [-0.1, -0.05) is 6.07 Å². The van der Waals surface area contributed by atoms with Gasteiger partial charge in [0.15, 0.2) is 0 Å². The zero-order chi connectivity index (χ0) is 18.0. The largest absolute Gasteiger partial charge is 0.392 e. The maximum atomic E-state index is 12.6. The van der Waals surface area contributed by atoms with Crippen molar-refractivity contribution in [2.24, 2.45) is 5.41 Å². The highest BCUT2D eigenvalue weighted by molar-refractivity contribution is 5.90. The Labute approximate surface area is 148 Å². The number of carbonyl (C=O) groups is 1. The Kier molecular flexibility index (Phi) is 4.98. The van der Waals surface area contributed by atoms with Gasteiger partial charge < -0.3 is 20.1 Å². The van der Waals surface area contributed by atoms with Gasteiger partial charge in [-0.05, 0) is 44.4 Å². The van der Waals surface area contributed by atoms with Gasteiger partial charge in [-0.2, -0.15) is 5.26 Å². The Hall–Kier alpha value is -2.10. The molecule has 2 aliphatic rings. The number of nitriles is 1. The van der Waals surface area contributed by atoms with E-state index in [2.05, 4.69) is 11.4 Å². The summed E-state index contributed by atoms with van der Waals surface area (Å²) >= 11 is 0. The van der Waals surface area contributed by atoms with Gasteiger partial charge in [-0.15, -0.1) is 0 Å². The van der Waals surface area contributed by atoms with Gasteiger partial charge in [0.1, 0.15) is 0 Å². The fourth-order valence-electron chi connectivity index (χ4n) is 4.03. The van der Waals surface area contributed by atoms with Crippen molar-refractivity contribution < 1.29 is 14.6 Å². The predicted molar refractivity (Wildman–Crippen MR) is 94.2 cm³/mol. The number of hydrogen-bond acceptors (Lipinski definition) is 4. The number of anilines is 1. The number of urea groups is 1. The molecule has 1 saturated heterocycles. The summed E-state index contributed by atoms with van der Waals surface area (Å²) in [6.07, 6.45) is 1.98. The van der Waals surface area contributed by atoms with Crippen molar-refractivity contribution in [1.82, 2.24) is 4.90 Å². The molecule has 2 amide bonds. The molecule has 2 N–H and O–H groups in total. The fraction of sp³-hybridized carbons (Fsp3) is 0.579. The van der Waals surface area contributed by atoms with Gasteiger partial charge in [0.25, 0.3) is 0 Å². The zero-order valence-corrected chi connectivity index (χ0v) is 14.8. The molecule has 2 unspecified atom stereocenters. The summed E-state index contributed by atoms with van der Waals surface area (Å²) in [5.74, 6) is 0. The van der Waals surface area contributed by atoms with Crippen molar-refractivity contribution in [3.05, 3.63) is 29.3 Å². The Morgan fingerprint density at radius 2 is 2.20 bits per heavy atom. The SMILES string of the molecule is CCOC1CC(O)C12CCN(C(=O)Nc1cccc(C#N)c1C)CC2. The average Bonchev–Trinajstić information content (AvgIpc) is 2.63. The van der Waals surface area contributed by atoms with E-state index in [1.54, 1.807) is 23.1 Å². The van der Waals surface area contributed by atoms with Crippen LogP contribution in [0.25, 0.3) is 0 Å². The van der Waals surface area contributed by atoms with Gasteiger partial charge in [0, 0.05) is 37.2 Å². The van der Waals surface area contributed by atoms with E-state index < -0.39 is 0 Å². The maximum Gasteiger partial charge on any atom is 0.321 e. The summed E-state index contributed by atoms with van der Waals surface area (Å²) in [6.45, 7) is 5.65. The number of aliphatic hydroxyl groups is 1. The molecular formula is C19H25N3O3. The predicted octanol–water partition coefficient (Wildman–Crippen LogP) is 2.65. The van der Waals surface area contributed by atoms with Crippen LogP contribution in [0.5, 0.6) is 0 Å². The number of rotatable bonds is 3. The van der Waals surface area contributed by atoms with Crippen LogP contribution in [0, 0.1) is 23.7 Å². The van der Waals surface area contributed by atoms with Crippen molar-refractivity contribution >= 4 is 11.7 Å². The van der Waals surface area contributed by atoms with Crippen molar-refractivity contribution in [2.75, 3.05) is 25.0 Å². The molecule has 1 saturated carbocycles. The first-order chi connectivity index (χ1) is 12.0. The minimum atomic E-state index is -0.330. The van der Waals surface area contributed by atoms with E-state index in [0.717, 1.165) is 18.4 Å². The third kappa shape index (κ3) is 3.10. The molecular weight excluding hydrogens is 318 g/mol. The Bertz CT molecular complexity index is 688. The van der Waals surface area contributed by atoms with E-state index in [4.69, 9.17) is 10.00 Å². The molecule has 25 heavy (non-hydrogen) atoms. The van der Waals surface area contributed by atoms with Crippen molar-refractivity contribution in [1.29, 1.82) is 5.26 Å². The number of likely N-dealkylation sites (tertiary alicyclic amines) is 1. The van der Waals surface area contributed by atoms with Gasteiger partial charge in [-0.3, -0.25) is 0 Å². The molecule has 0 aromatic heterocycles. The van der Waals surface area contributed by atoms with Crippen molar-refractivity contribution in [2.45, 2.75) is 45.3 Å². The summed E-state index contributed by atoms with van der Waals surface area (Å²) in [7, 11) is 0. The number of nitrogens with zero attached hydrogens (tertiary/aromatic N) is 2. The lowest BCUT2D eigenvalue weighted by atomic mass is 9.58. The third-order valence-corrected chi connectivity index (χ3v) is 5.79. The first-order valence-corrected chi connectivity index (χ1v) is 8.87. The minimum Gasteiger partial charge on any atom is -0.392 e. The molecule has 1 aliphatic heterocycles. The van der Waals surface area contributed by atoms with Gasteiger partial charge in [0.2, 0.25) is 0 Å². The fourth-order valence-corrected chi connectivity index (χ4v) is 4.03. The number of ether oxygens (including phenoxy) is 1. The maximum absolute atomic E-state index is 12.6. The number of nitrogens with one attached hydrogen (secondary N) is 1. The van der Waals surface area contributed by atoms with Crippen LogP contribution in [0.3, 0.4) is 0 Å². The molecule has 3 rings (SSSR count). The second-order valence-corrected chi connectivity index (χ2v) is 6.94. The molecule has 0 radical (unpaired) electrons. The molecule has 6 heteroatoms. The lowest BCUT2D eigenvalue weighted by molar-refractivity contribution is -0.207. The lowest BCUT2D eigenvalue weighted by Crippen LogP contribution is -2.63. The van der Waals surface area contributed by atoms with Crippen LogP contribution < -0.4 is 5.32 Å². The molecule has 0 bridgehead atoms. The van der Waals surface area contributed by atoms with Crippen LogP contribution in [0.2, 0.25) is 0 Å². The van der Waals surface area contributed by atoms with Gasteiger partial charge in [0.05, 0.1) is 23.8 Å². The van der Waals surface area contributed by atoms with Gasteiger partial charge in [-0.25, -0.2) is 4.79 Å². The van der Waals surface area contributed by atoms with Crippen LogP contribution in [-0.2, 0) is 4.74 Å². The lowest BCUT2D eigenvalue weighted by Gasteiger charge is -2.56. The smallest absolute Gasteiger partial charge is 0.321 e.